The van der Waals surface area contributed by atoms with Crippen LogP contribution >= 0.6 is 23.2 Å². The number of rotatable bonds is 3. The zero-order valence-corrected chi connectivity index (χ0v) is 13.1. The predicted octanol–water partition coefficient (Wildman–Crippen LogP) is 4.33. The van der Waals surface area contributed by atoms with E-state index in [4.69, 9.17) is 28.9 Å². The Morgan fingerprint density at radius 2 is 1.74 bits per heavy atom. The quantitative estimate of drug-likeness (QED) is 0.789. The number of benzene rings is 1. The number of anilines is 1. The van der Waals surface area contributed by atoms with Crippen LogP contribution in [0.4, 0.5) is 27.8 Å². The predicted molar refractivity (Wildman–Crippen MR) is 75.4 cm³/mol. The van der Waals surface area contributed by atoms with Crippen molar-refractivity contribution >= 4 is 39.8 Å². The van der Waals surface area contributed by atoms with Gasteiger partial charge in [0, 0.05) is 5.56 Å². The molecule has 2 aromatic rings. The van der Waals surface area contributed by atoms with E-state index in [1.807, 2.05) is 0 Å². The van der Waals surface area contributed by atoms with Crippen molar-refractivity contribution in [2.45, 2.75) is 16.8 Å². The number of hydrogen-bond donors (Lipinski definition) is 1. The summed E-state index contributed by atoms with van der Waals surface area (Å²) in [4.78, 5) is -0.789. The minimum Gasteiger partial charge on any atom is -0.383 e. The van der Waals surface area contributed by atoms with Crippen molar-refractivity contribution in [1.29, 1.82) is 0 Å². The zero-order valence-electron chi connectivity index (χ0n) is 10.7. The van der Waals surface area contributed by atoms with Crippen LogP contribution in [0.3, 0.4) is 0 Å². The molecule has 0 fully saturated rings. The minimum absolute atomic E-state index is 0.194. The van der Waals surface area contributed by atoms with Gasteiger partial charge < -0.3 is 5.73 Å². The molecule has 0 bridgehead atoms. The fourth-order valence-corrected chi connectivity index (χ4v) is 3.03. The normalized spacial score (nSPS) is 13.6. The van der Waals surface area contributed by atoms with Crippen LogP contribution in [0.25, 0.3) is 5.69 Å². The van der Waals surface area contributed by atoms with E-state index in [9.17, 15) is 26.2 Å². The highest BCUT2D eigenvalue weighted by Gasteiger charge is 2.40. The van der Waals surface area contributed by atoms with Crippen LogP contribution in [0.5, 0.6) is 0 Å². The molecule has 0 aliphatic heterocycles. The van der Waals surface area contributed by atoms with Crippen molar-refractivity contribution in [3.63, 3.8) is 0 Å². The van der Waals surface area contributed by atoms with Gasteiger partial charge in [0.25, 0.3) is 6.43 Å². The maximum Gasteiger partial charge on any atom is 0.476 e. The Labute approximate surface area is 138 Å². The Hall–Kier alpha value is -1.39. The molecule has 2 N–H and O–H groups in total. The number of alkyl halides is 5. The molecule has 12 heteroatoms. The van der Waals surface area contributed by atoms with Gasteiger partial charge in [-0.3, -0.25) is 0 Å². The fourth-order valence-electron chi connectivity index (χ4n) is 1.70. The lowest BCUT2D eigenvalue weighted by Crippen LogP contribution is -2.17. The van der Waals surface area contributed by atoms with Gasteiger partial charge in [-0.15, -0.1) is 0 Å². The number of nitrogens with zero attached hydrogens (tertiary/aromatic N) is 2. The Morgan fingerprint density at radius 3 is 2.17 bits per heavy atom. The molecule has 0 saturated carbocycles. The summed E-state index contributed by atoms with van der Waals surface area (Å²) in [6.07, 6.45) is -2.20. The standard InChI is InChI=1S/C11H6Cl2F5N3OS/c12-5-1-4(9(14)15)2-6(13)8(5)21-10(19)7(3-20-21)23(22)11(16,17)18/h1-3,9H,19H2. The smallest absolute Gasteiger partial charge is 0.383 e. The van der Waals surface area contributed by atoms with E-state index in [2.05, 4.69) is 5.10 Å². The molecule has 1 heterocycles. The van der Waals surface area contributed by atoms with Crippen molar-refractivity contribution in [1.82, 2.24) is 9.78 Å². The van der Waals surface area contributed by atoms with Gasteiger partial charge in [-0.25, -0.2) is 17.7 Å². The van der Waals surface area contributed by atoms with Gasteiger partial charge in [0.2, 0.25) is 0 Å². The van der Waals surface area contributed by atoms with Gasteiger partial charge in [0.15, 0.2) is 10.8 Å². The second kappa shape index (κ2) is 6.25. The molecular formula is C11H6Cl2F5N3OS. The number of aromatic nitrogens is 2. The molecule has 0 spiro atoms. The molecule has 0 saturated heterocycles. The molecule has 2 rings (SSSR count). The summed E-state index contributed by atoms with van der Waals surface area (Å²) >= 11 is 11.7. The lowest BCUT2D eigenvalue weighted by atomic mass is 10.2. The average molecular weight is 394 g/mol. The van der Waals surface area contributed by atoms with E-state index >= 15 is 0 Å². The summed E-state index contributed by atoms with van der Waals surface area (Å²) in [5, 5.41) is 2.96. The van der Waals surface area contributed by atoms with E-state index in [0.29, 0.717) is 10.9 Å². The molecule has 0 radical (unpaired) electrons. The molecule has 0 amide bonds. The molecule has 0 aliphatic carbocycles. The van der Waals surface area contributed by atoms with Gasteiger partial charge in [0.1, 0.15) is 16.4 Å². The van der Waals surface area contributed by atoms with E-state index in [1.165, 1.54) is 0 Å². The first kappa shape index (κ1) is 18.0. The molecule has 23 heavy (non-hydrogen) atoms. The largest absolute Gasteiger partial charge is 0.476 e. The van der Waals surface area contributed by atoms with E-state index in [-0.39, 0.29) is 15.7 Å². The Bertz CT molecular complexity index is 755. The van der Waals surface area contributed by atoms with E-state index in [0.717, 1.165) is 12.1 Å². The topological polar surface area (TPSA) is 60.9 Å². The lowest BCUT2D eigenvalue weighted by Gasteiger charge is -2.12. The first-order valence-corrected chi connectivity index (χ1v) is 7.54. The second-order valence-corrected chi connectivity index (χ2v) is 6.41. The van der Waals surface area contributed by atoms with Crippen molar-refractivity contribution in [3.05, 3.63) is 33.9 Å². The zero-order chi connectivity index (χ0) is 17.5. The average Bonchev–Trinajstić information content (AvgIpc) is 2.78. The highest BCUT2D eigenvalue weighted by Crippen LogP contribution is 2.37. The summed E-state index contributed by atoms with van der Waals surface area (Å²) < 4.78 is 74.8. The molecule has 126 valence electrons. The van der Waals surface area contributed by atoms with Crippen LogP contribution in [-0.2, 0) is 10.8 Å². The minimum atomic E-state index is -5.03. The van der Waals surface area contributed by atoms with E-state index < -0.39 is 39.0 Å². The van der Waals surface area contributed by atoms with Crippen LogP contribution in [0.2, 0.25) is 10.0 Å². The van der Waals surface area contributed by atoms with Crippen LogP contribution in [-0.4, -0.2) is 19.5 Å². The van der Waals surface area contributed by atoms with Gasteiger partial charge in [0.05, 0.1) is 16.2 Å². The van der Waals surface area contributed by atoms with Crippen LogP contribution < -0.4 is 5.73 Å². The second-order valence-electron chi connectivity index (χ2n) is 4.15. The fraction of sp³-hybridized carbons (Fsp3) is 0.182. The molecular weight excluding hydrogens is 388 g/mol. The van der Waals surface area contributed by atoms with Crippen LogP contribution in [0, 0.1) is 0 Å². The molecule has 0 aliphatic rings. The van der Waals surface area contributed by atoms with Crippen LogP contribution in [0.1, 0.15) is 12.0 Å². The number of hydrogen-bond acceptors (Lipinski definition) is 3. The summed E-state index contributed by atoms with van der Waals surface area (Å²) in [5.41, 5.74) is -0.194. The third kappa shape index (κ3) is 3.43. The van der Waals surface area contributed by atoms with Crippen LogP contribution in [0.15, 0.2) is 23.2 Å². The monoisotopic (exact) mass is 393 g/mol. The number of nitrogens with two attached hydrogens (primary N) is 1. The van der Waals surface area contributed by atoms with Crippen molar-refractivity contribution in [3.8, 4) is 5.69 Å². The highest BCUT2D eigenvalue weighted by atomic mass is 35.5. The van der Waals surface area contributed by atoms with E-state index in [1.54, 1.807) is 0 Å². The first-order chi connectivity index (χ1) is 10.5. The Kier molecular flexibility index (Phi) is 4.88. The number of nitrogen functional groups attached to an aromatic ring is 1. The van der Waals surface area contributed by atoms with Crippen molar-refractivity contribution < 1.29 is 26.2 Å². The van der Waals surface area contributed by atoms with Gasteiger partial charge in [-0.2, -0.15) is 18.3 Å². The molecule has 4 nitrogen and oxygen atoms in total. The third-order valence-corrected chi connectivity index (χ3v) is 4.39. The number of halogens is 7. The maximum atomic E-state index is 12.7. The lowest BCUT2D eigenvalue weighted by molar-refractivity contribution is -0.0384. The molecule has 1 aromatic carbocycles. The Balaban J connectivity index is 2.57. The Morgan fingerprint density at radius 1 is 1.22 bits per heavy atom. The van der Waals surface area contributed by atoms with Crippen molar-refractivity contribution in [2.24, 2.45) is 0 Å². The van der Waals surface area contributed by atoms with Gasteiger partial charge in [-0.1, -0.05) is 23.2 Å². The third-order valence-electron chi connectivity index (χ3n) is 2.68. The summed E-state index contributed by atoms with van der Waals surface area (Å²) in [6.45, 7) is 0. The highest BCUT2D eigenvalue weighted by molar-refractivity contribution is 7.86. The summed E-state index contributed by atoms with van der Waals surface area (Å²) in [7, 11) is -3.40. The summed E-state index contributed by atoms with van der Waals surface area (Å²) in [6, 6.07) is 1.77. The molecule has 1 atom stereocenters. The first-order valence-electron chi connectivity index (χ1n) is 5.63. The molecule has 1 aromatic heterocycles. The van der Waals surface area contributed by atoms with Crippen molar-refractivity contribution in [2.75, 3.05) is 5.73 Å². The van der Waals surface area contributed by atoms with Gasteiger partial charge >= 0.3 is 5.51 Å². The SMILES string of the molecule is Nc1c(S(=O)C(F)(F)F)cnn1-c1c(Cl)cc(C(F)F)cc1Cl. The van der Waals surface area contributed by atoms with Gasteiger partial charge in [-0.05, 0) is 12.1 Å². The summed E-state index contributed by atoms with van der Waals surface area (Å²) in [5.74, 6) is -0.616. The molecule has 1 unspecified atom stereocenters. The maximum absolute atomic E-state index is 12.7.